The molecule has 0 heterocycles. The fraction of sp³-hybridized carbons (Fsp3) is 0.208. The molecule has 3 aromatic rings. The maximum atomic E-state index is 13.2. The van der Waals surface area contributed by atoms with Crippen LogP contribution in [0.25, 0.3) is 0 Å². The maximum Gasteiger partial charge on any atom is 0.305 e. The van der Waals surface area contributed by atoms with Crippen molar-refractivity contribution in [2.75, 3.05) is 7.11 Å². The van der Waals surface area contributed by atoms with Gasteiger partial charge in [0.15, 0.2) is 0 Å². The summed E-state index contributed by atoms with van der Waals surface area (Å²) in [5.41, 5.74) is 2.46. The number of benzene rings is 3. The molecular weight excluding hydrogens is 453 g/mol. The van der Waals surface area contributed by atoms with Gasteiger partial charge in [0.05, 0.1) is 18.0 Å². The Morgan fingerprint density at radius 2 is 1.53 bits per heavy atom. The van der Waals surface area contributed by atoms with E-state index in [0.717, 1.165) is 23.3 Å². The first-order chi connectivity index (χ1) is 15.3. The summed E-state index contributed by atoms with van der Waals surface area (Å²) in [5, 5.41) is 0.537. The largest absolute Gasteiger partial charge is 0.469 e. The van der Waals surface area contributed by atoms with Gasteiger partial charge in [-0.15, -0.1) is 0 Å². The lowest BCUT2D eigenvalue weighted by Crippen LogP contribution is -2.29. The lowest BCUT2D eigenvalue weighted by atomic mass is 9.97. The number of sulfonamides is 1. The molecule has 32 heavy (non-hydrogen) atoms. The second kappa shape index (κ2) is 10.7. The third-order valence-electron chi connectivity index (χ3n) is 4.99. The Balaban J connectivity index is 1.85. The van der Waals surface area contributed by atoms with Crippen LogP contribution in [0.4, 0.5) is 4.39 Å². The molecule has 0 aliphatic heterocycles. The molecule has 3 rings (SSSR count). The molecule has 0 saturated heterocycles. The van der Waals surface area contributed by atoms with E-state index >= 15 is 0 Å². The number of halogens is 2. The van der Waals surface area contributed by atoms with Crippen molar-refractivity contribution in [2.45, 2.75) is 30.2 Å². The highest BCUT2D eigenvalue weighted by Crippen LogP contribution is 2.26. The van der Waals surface area contributed by atoms with Crippen molar-refractivity contribution in [1.29, 1.82) is 0 Å². The molecule has 8 heteroatoms. The topological polar surface area (TPSA) is 72.5 Å². The van der Waals surface area contributed by atoms with Crippen LogP contribution in [-0.4, -0.2) is 21.5 Å². The van der Waals surface area contributed by atoms with Crippen LogP contribution in [0.2, 0.25) is 5.02 Å². The Morgan fingerprint density at radius 1 is 0.969 bits per heavy atom. The van der Waals surface area contributed by atoms with Crippen molar-refractivity contribution in [3.8, 4) is 0 Å². The Bertz CT molecular complexity index is 1150. The number of methoxy groups -OCH3 is 1. The molecule has 0 aromatic heterocycles. The molecule has 1 N–H and O–H groups in total. The molecule has 0 bridgehead atoms. The van der Waals surface area contributed by atoms with Crippen LogP contribution in [0, 0.1) is 5.82 Å². The first-order valence-electron chi connectivity index (χ1n) is 9.97. The summed E-state index contributed by atoms with van der Waals surface area (Å²) in [6.45, 7) is 0. The Morgan fingerprint density at radius 3 is 2.09 bits per heavy atom. The lowest BCUT2D eigenvalue weighted by Gasteiger charge is -2.20. The molecule has 1 unspecified atom stereocenters. The van der Waals surface area contributed by atoms with E-state index in [9.17, 15) is 17.6 Å². The van der Waals surface area contributed by atoms with E-state index in [1.165, 1.54) is 19.2 Å². The van der Waals surface area contributed by atoms with Crippen molar-refractivity contribution in [3.05, 3.63) is 100 Å². The van der Waals surface area contributed by atoms with Crippen LogP contribution in [-0.2, 0) is 26.0 Å². The quantitative estimate of drug-likeness (QED) is 0.440. The maximum absolute atomic E-state index is 13.2. The first-order valence-corrected chi connectivity index (χ1v) is 11.8. The van der Waals surface area contributed by atoms with Crippen molar-refractivity contribution in [2.24, 2.45) is 0 Å². The standard InChI is InChI=1S/C24H23ClFNO4S/c1-31-23(28)4-2-3-17-5-7-18(8-6-17)24(19-9-11-20(25)12-10-19)27-32(29,30)22-15-13-21(26)14-16-22/h5-16,24,27H,2-4H2,1H3. The molecule has 0 saturated carbocycles. The van der Waals surface area contributed by atoms with Gasteiger partial charge < -0.3 is 4.74 Å². The van der Waals surface area contributed by atoms with Crippen LogP contribution < -0.4 is 4.72 Å². The molecule has 5 nitrogen and oxygen atoms in total. The molecule has 1 atom stereocenters. The second-order valence-electron chi connectivity index (χ2n) is 7.23. The van der Waals surface area contributed by atoms with Crippen molar-refractivity contribution in [1.82, 2.24) is 4.72 Å². The molecule has 0 radical (unpaired) electrons. The fourth-order valence-corrected chi connectivity index (χ4v) is 4.58. The minimum Gasteiger partial charge on any atom is -0.469 e. The third-order valence-corrected chi connectivity index (χ3v) is 6.68. The monoisotopic (exact) mass is 475 g/mol. The number of hydrogen-bond donors (Lipinski definition) is 1. The summed E-state index contributed by atoms with van der Waals surface area (Å²) >= 11 is 6.00. The van der Waals surface area contributed by atoms with Gasteiger partial charge in [-0.1, -0.05) is 48.0 Å². The summed E-state index contributed by atoms with van der Waals surface area (Å²) in [6.07, 6.45) is 1.69. The van der Waals surface area contributed by atoms with E-state index in [1.807, 2.05) is 24.3 Å². The SMILES string of the molecule is COC(=O)CCCc1ccc(C(NS(=O)(=O)c2ccc(F)cc2)c2ccc(Cl)cc2)cc1. The number of hydrogen-bond acceptors (Lipinski definition) is 4. The van der Waals surface area contributed by atoms with Gasteiger partial charge in [0.25, 0.3) is 0 Å². The molecule has 0 aliphatic carbocycles. The third kappa shape index (κ3) is 6.38. The van der Waals surface area contributed by atoms with Gasteiger partial charge in [-0.3, -0.25) is 4.79 Å². The molecular formula is C24H23ClFNO4S. The summed E-state index contributed by atoms with van der Waals surface area (Å²) in [6, 6.07) is 18.4. The summed E-state index contributed by atoms with van der Waals surface area (Å²) in [4.78, 5) is 11.2. The number of esters is 1. The number of rotatable bonds is 9. The molecule has 0 fully saturated rings. The van der Waals surface area contributed by atoms with Gasteiger partial charge in [0.1, 0.15) is 5.82 Å². The Kier molecular flexibility index (Phi) is 8.01. The zero-order chi connectivity index (χ0) is 23.1. The molecule has 0 spiro atoms. The highest BCUT2D eigenvalue weighted by Gasteiger charge is 2.23. The van der Waals surface area contributed by atoms with E-state index in [2.05, 4.69) is 9.46 Å². The van der Waals surface area contributed by atoms with Gasteiger partial charge in [-0.2, -0.15) is 4.72 Å². The minimum atomic E-state index is -3.92. The van der Waals surface area contributed by atoms with Crippen LogP contribution in [0.1, 0.15) is 35.6 Å². The first kappa shape index (κ1) is 23.9. The van der Waals surface area contributed by atoms with Crippen LogP contribution in [0.15, 0.2) is 77.7 Å². The van der Waals surface area contributed by atoms with Crippen LogP contribution in [0.5, 0.6) is 0 Å². The predicted octanol–water partition coefficient (Wildman–Crippen LogP) is 5.04. The average Bonchev–Trinajstić information content (AvgIpc) is 2.79. The molecule has 3 aromatic carbocycles. The molecule has 0 amide bonds. The summed E-state index contributed by atoms with van der Waals surface area (Å²) in [7, 11) is -2.56. The predicted molar refractivity (Wildman–Crippen MR) is 121 cm³/mol. The Hall–Kier alpha value is -2.74. The highest BCUT2D eigenvalue weighted by atomic mass is 35.5. The van der Waals surface area contributed by atoms with Crippen molar-refractivity contribution < 1.29 is 22.3 Å². The number of aryl methyl sites for hydroxylation is 1. The smallest absolute Gasteiger partial charge is 0.305 e. The van der Waals surface area contributed by atoms with E-state index in [4.69, 9.17) is 11.6 Å². The normalized spacial score (nSPS) is 12.3. The summed E-state index contributed by atoms with van der Waals surface area (Å²) in [5.74, 6) is -0.763. The summed E-state index contributed by atoms with van der Waals surface area (Å²) < 4.78 is 46.5. The number of ether oxygens (including phenoxy) is 1. The second-order valence-corrected chi connectivity index (χ2v) is 9.38. The number of nitrogens with one attached hydrogen (secondary N) is 1. The highest BCUT2D eigenvalue weighted by molar-refractivity contribution is 7.89. The Labute approximate surface area is 192 Å². The lowest BCUT2D eigenvalue weighted by molar-refractivity contribution is -0.140. The van der Waals surface area contributed by atoms with E-state index in [-0.39, 0.29) is 10.9 Å². The number of carbonyl (C=O) groups excluding carboxylic acids is 1. The minimum absolute atomic E-state index is 0.0303. The van der Waals surface area contributed by atoms with E-state index in [0.29, 0.717) is 29.8 Å². The van der Waals surface area contributed by atoms with Gasteiger partial charge in [0.2, 0.25) is 10.0 Å². The average molecular weight is 476 g/mol. The zero-order valence-corrected chi connectivity index (χ0v) is 19.0. The zero-order valence-electron chi connectivity index (χ0n) is 17.4. The molecule has 0 aliphatic rings. The van der Waals surface area contributed by atoms with E-state index in [1.54, 1.807) is 24.3 Å². The van der Waals surface area contributed by atoms with Gasteiger partial charge in [-0.05, 0) is 65.9 Å². The van der Waals surface area contributed by atoms with Crippen molar-refractivity contribution >= 4 is 27.6 Å². The van der Waals surface area contributed by atoms with Gasteiger partial charge in [-0.25, -0.2) is 12.8 Å². The van der Waals surface area contributed by atoms with Crippen LogP contribution in [0.3, 0.4) is 0 Å². The van der Waals surface area contributed by atoms with Crippen LogP contribution >= 0.6 is 11.6 Å². The van der Waals surface area contributed by atoms with Gasteiger partial charge >= 0.3 is 5.97 Å². The molecule has 168 valence electrons. The van der Waals surface area contributed by atoms with Gasteiger partial charge in [0, 0.05) is 11.4 Å². The van der Waals surface area contributed by atoms with Crippen molar-refractivity contribution in [3.63, 3.8) is 0 Å². The van der Waals surface area contributed by atoms with E-state index < -0.39 is 21.9 Å². The number of carbonyl (C=O) groups is 1. The fourth-order valence-electron chi connectivity index (χ4n) is 3.24.